The summed E-state index contributed by atoms with van der Waals surface area (Å²) in [6, 6.07) is 12.5. The molecule has 0 saturated carbocycles. The molecule has 7 heteroatoms. The molecule has 26 heavy (non-hydrogen) atoms. The zero-order valence-corrected chi connectivity index (χ0v) is 13.9. The Morgan fingerprint density at radius 1 is 1.12 bits per heavy atom. The van der Waals surface area contributed by atoms with Gasteiger partial charge in [-0.3, -0.25) is 9.59 Å². The summed E-state index contributed by atoms with van der Waals surface area (Å²) in [5, 5.41) is 0. The first-order valence-electron chi connectivity index (χ1n) is 7.69. The minimum absolute atomic E-state index is 0.0297. The van der Waals surface area contributed by atoms with Crippen molar-refractivity contribution in [3.05, 3.63) is 71.2 Å². The number of rotatable bonds is 5. The second kappa shape index (κ2) is 6.72. The van der Waals surface area contributed by atoms with E-state index in [9.17, 15) is 14.0 Å². The van der Waals surface area contributed by atoms with Crippen LogP contribution < -0.4 is 16.2 Å². The number of methoxy groups -OCH3 is 1. The van der Waals surface area contributed by atoms with Gasteiger partial charge in [0.15, 0.2) is 11.6 Å². The molecule has 3 rings (SSSR count). The number of aromatic nitrogens is 1. The fraction of sp³-hybridized carbons (Fsp3) is 0.0526. The Balaban J connectivity index is 2.26. The van der Waals surface area contributed by atoms with Crippen molar-refractivity contribution < 1.29 is 18.7 Å². The van der Waals surface area contributed by atoms with Crippen LogP contribution in [0.15, 0.2) is 48.5 Å². The summed E-state index contributed by atoms with van der Waals surface area (Å²) >= 11 is 0. The number of nitrogen functional groups attached to an aromatic ring is 1. The average molecular weight is 353 g/mol. The highest BCUT2D eigenvalue weighted by Crippen LogP contribution is 2.35. The number of primary amides is 1. The number of halogens is 1. The lowest BCUT2D eigenvalue weighted by Gasteiger charge is -2.09. The lowest BCUT2D eigenvalue weighted by Crippen LogP contribution is -2.13. The largest absolute Gasteiger partial charge is 0.494 e. The van der Waals surface area contributed by atoms with E-state index in [0.717, 1.165) is 0 Å². The van der Waals surface area contributed by atoms with E-state index >= 15 is 0 Å². The SMILES string of the molecule is COc1cc(-c2c(C(=O)c3ccccc3)[nH]c(N)c2C(N)=O)ccc1F. The van der Waals surface area contributed by atoms with Crippen molar-refractivity contribution in [1.29, 1.82) is 0 Å². The summed E-state index contributed by atoms with van der Waals surface area (Å²) in [5.41, 5.74) is 12.4. The number of amides is 1. The maximum atomic E-state index is 13.8. The van der Waals surface area contributed by atoms with Crippen LogP contribution in [-0.4, -0.2) is 23.8 Å². The molecular weight excluding hydrogens is 337 g/mol. The molecule has 2 aromatic carbocycles. The lowest BCUT2D eigenvalue weighted by atomic mass is 9.96. The number of carbonyl (C=O) groups excluding carboxylic acids is 2. The van der Waals surface area contributed by atoms with Crippen LogP contribution in [0.2, 0.25) is 0 Å². The Labute approximate surface area is 148 Å². The van der Waals surface area contributed by atoms with Gasteiger partial charge in [-0.1, -0.05) is 36.4 Å². The summed E-state index contributed by atoms with van der Waals surface area (Å²) in [7, 11) is 1.32. The maximum absolute atomic E-state index is 13.8. The van der Waals surface area contributed by atoms with Crippen LogP contribution in [0.1, 0.15) is 26.4 Å². The van der Waals surface area contributed by atoms with Gasteiger partial charge in [0.05, 0.1) is 18.4 Å². The third-order valence-electron chi connectivity index (χ3n) is 3.98. The lowest BCUT2D eigenvalue weighted by molar-refractivity contribution is 0.100. The van der Waals surface area contributed by atoms with Crippen molar-refractivity contribution >= 4 is 17.5 Å². The van der Waals surface area contributed by atoms with Gasteiger partial charge >= 0.3 is 0 Å². The Bertz CT molecular complexity index is 997. The van der Waals surface area contributed by atoms with Gasteiger partial charge in [0.1, 0.15) is 5.82 Å². The molecule has 6 nitrogen and oxygen atoms in total. The number of benzene rings is 2. The van der Waals surface area contributed by atoms with Gasteiger partial charge in [0.25, 0.3) is 5.91 Å². The fourth-order valence-electron chi connectivity index (χ4n) is 2.78. The van der Waals surface area contributed by atoms with Gasteiger partial charge in [0, 0.05) is 11.1 Å². The Hall–Kier alpha value is -3.61. The average Bonchev–Trinajstić information content (AvgIpc) is 2.99. The van der Waals surface area contributed by atoms with Gasteiger partial charge in [-0.05, 0) is 17.7 Å². The number of ether oxygens (including phenoxy) is 1. The monoisotopic (exact) mass is 353 g/mol. The number of H-pyrrole nitrogens is 1. The van der Waals surface area contributed by atoms with Crippen molar-refractivity contribution in [2.45, 2.75) is 0 Å². The molecule has 0 unspecified atom stereocenters. The molecule has 0 radical (unpaired) electrons. The summed E-state index contributed by atoms with van der Waals surface area (Å²) < 4.78 is 18.7. The quantitative estimate of drug-likeness (QED) is 0.612. The first-order valence-corrected chi connectivity index (χ1v) is 7.69. The van der Waals surface area contributed by atoms with E-state index in [-0.39, 0.29) is 34.2 Å². The molecule has 0 atom stereocenters. The maximum Gasteiger partial charge on any atom is 0.253 e. The second-order valence-corrected chi connectivity index (χ2v) is 5.57. The van der Waals surface area contributed by atoms with Crippen LogP contribution in [0.5, 0.6) is 5.75 Å². The number of hydrogen-bond acceptors (Lipinski definition) is 4. The first-order chi connectivity index (χ1) is 12.4. The van der Waals surface area contributed by atoms with E-state index in [1.54, 1.807) is 30.3 Å². The van der Waals surface area contributed by atoms with E-state index in [1.807, 2.05) is 0 Å². The summed E-state index contributed by atoms with van der Waals surface area (Å²) in [6.45, 7) is 0. The highest BCUT2D eigenvalue weighted by Gasteiger charge is 2.26. The Kier molecular flexibility index (Phi) is 4.45. The predicted molar refractivity (Wildman–Crippen MR) is 95.5 cm³/mol. The molecule has 0 bridgehead atoms. The normalized spacial score (nSPS) is 10.5. The highest BCUT2D eigenvalue weighted by molar-refractivity contribution is 6.17. The fourth-order valence-corrected chi connectivity index (χ4v) is 2.78. The summed E-state index contributed by atoms with van der Waals surface area (Å²) in [5.74, 6) is -1.81. The topological polar surface area (TPSA) is 111 Å². The second-order valence-electron chi connectivity index (χ2n) is 5.57. The van der Waals surface area contributed by atoms with Crippen LogP contribution in [-0.2, 0) is 0 Å². The van der Waals surface area contributed by atoms with Crippen molar-refractivity contribution in [1.82, 2.24) is 4.98 Å². The van der Waals surface area contributed by atoms with Crippen LogP contribution in [0, 0.1) is 5.82 Å². The zero-order valence-electron chi connectivity index (χ0n) is 13.9. The molecule has 0 fully saturated rings. The molecule has 0 spiro atoms. The van der Waals surface area contributed by atoms with E-state index in [4.69, 9.17) is 16.2 Å². The van der Waals surface area contributed by atoms with E-state index in [0.29, 0.717) is 11.1 Å². The smallest absolute Gasteiger partial charge is 0.253 e. The van der Waals surface area contributed by atoms with Crippen LogP contribution in [0.4, 0.5) is 10.2 Å². The van der Waals surface area contributed by atoms with Crippen molar-refractivity contribution in [3.63, 3.8) is 0 Å². The molecule has 1 amide bonds. The van der Waals surface area contributed by atoms with Crippen molar-refractivity contribution in [2.75, 3.05) is 12.8 Å². The van der Waals surface area contributed by atoms with E-state index in [2.05, 4.69) is 4.98 Å². The van der Waals surface area contributed by atoms with Gasteiger partial charge < -0.3 is 21.2 Å². The molecular formula is C19H16FN3O3. The van der Waals surface area contributed by atoms with Crippen LogP contribution >= 0.6 is 0 Å². The van der Waals surface area contributed by atoms with Gasteiger partial charge in [0.2, 0.25) is 5.78 Å². The van der Waals surface area contributed by atoms with Gasteiger partial charge in [-0.25, -0.2) is 4.39 Å². The Morgan fingerprint density at radius 2 is 1.81 bits per heavy atom. The number of nitrogens with one attached hydrogen (secondary N) is 1. The number of aromatic amines is 1. The van der Waals surface area contributed by atoms with E-state index < -0.39 is 11.7 Å². The highest BCUT2D eigenvalue weighted by atomic mass is 19.1. The molecule has 0 aliphatic heterocycles. The first kappa shape index (κ1) is 17.2. The minimum Gasteiger partial charge on any atom is -0.494 e. The molecule has 0 saturated heterocycles. The Morgan fingerprint density at radius 3 is 2.42 bits per heavy atom. The number of nitrogens with two attached hydrogens (primary N) is 2. The minimum atomic E-state index is -0.802. The third kappa shape index (κ3) is 2.90. The van der Waals surface area contributed by atoms with Crippen LogP contribution in [0.25, 0.3) is 11.1 Å². The molecule has 5 N–H and O–H groups in total. The predicted octanol–water partition coefficient (Wildman–Crippen LogP) is 2.74. The standard InChI is InChI=1S/C19H16FN3O3/c1-26-13-9-11(7-8-12(13)20)14-15(19(22)25)18(21)23-16(14)17(24)10-5-3-2-4-6-10/h2-9,23H,21H2,1H3,(H2,22,25). The van der Waals surface area contributed by atoms with Crippen molar-refractivity contribution in [2.24, 2.45) is 5.73 Å². The van der Waals surface area contributed by atoms with Gasteiger partial charge in [-0.15, -0.1) is 0 Å². The number of hydrogen-bond donors (Lipinski definition) is 3. The molecule has 1 heterocycles. The van der Waals surface area contributed by atoms with E-state index in [1.165, 1.54) is 25.3 Å². The van der Waals surface area contributed by atoms with Crippen LogP contribution in [0.3, 0.4) is 0 Å². The zero-order chi connectivity index (χ0) is 18.8. The summed E-state index contributed by atoms with van der Waals surface area (Å²) in [4.78, 5) is 27.6. The molecule has 3 aromatic rings. The molecule has 0 aliphatic rings. The number of anilines is 1. The number of ketones is 1. The third-order valence-corrected chi connectivity index (χ3v) is 3.98. The van der Waals surface area contributed by atoms with Crippen molar-refractivity contribution in [3.8, 4) is 16.9 Å². The summed E-state index contributed by atoms with van der Waals surface area (Å²) in [6.07, 6.45) is 0. The molecule has 1 aromatic heterocycles. The van der Waals surface area contributed by atoms with Gasteiger partial charge in [-0.2, -0.15) is 0 Å². The molecule has 0 aliphatic carbocycles. The number of carbonyl (C=O) groups is 2. The molecule has 132 valence electrons.